The molecule has 1 aromatic carbocycles. The highest BCUT2D eigenvalue weighted by Crippen LogP contribution is 2.08. The average Bonchev–Trinajstić information content (AvgIpc) is 2.53. The van der Waals surface area contributed by atoms with Crippen LogP contribution in [0.15, 0.2) is 30.3 Å². The third kappa shape index (κ3) is 8.74. The molecule has 0 unspecified atom stereocenters. The number of rotatable bonds is 7. The highest BCUT2D eigenvalue weighted by molar-refractivity contribution is 5.82. The molecular weight excluding hydrogens is 324 g/mol. The van der Waals surface area contributed by atoms with Crippen LogP contribution in [0.1, 0.15) is 32.8 Å². The van der Waals surface area contributed by atoms with Crippen LogP contribution in [0.25, 0.3) is 0 Å². The van der Waals surface area contributed by atoms with E-state index in [4.69, 9.17) is 4.74 Å². The first-order valence-electron chi connectivity index (χ1n) is 8.06. The number of hydrogen-bond acceptors (Lipinski definition) is 5. The van der Waals surface area contributed by atoms with Gasteiger partial charge in [-0.3, -0.25) is 9.59 Å². The predicted octanol–water partition coefficient (Wildman–Crippen LogP) is 2.10. The van der Waals surface area contributed by atoms with E-state index in [1.54, 1.807) is 20.8 Å². The van der Waals surface area contributed by atoms with Crippen molar-refractivity contribution < 1.29 is 23.9 Å². The molecule has 0 radical (unpaired) electrons. The number of ether oxygens (including phenoxy) is 2. The first-order valence-corrected chi connectivity index (χ1v) is 8.06. The van der Waals surface area contributed by atoms with Crippen molar-refractivity contribution in [2.75, 3.05) is 20.2 Å². The molecule has 0 fully saturated rings. The van der Waals surface area contributed by atoms with E-state index < -0.39 is 17.7 Å². The Kier molecular flexibility index (Phi) is 7.91. The number of benzene rings is 1. The standard InChI is InChI=1S/C18H26N2O5/c1-18(2,3)25-17(23)19-11-10-15(21)20(13-16(22)24-4)12-14-8-6-5-7-9-14/h5-9H,10-13H2,1-4H3,(H,19,23). The summed E-state index contributed by atoms with van der Waals surface area (Å²) in [4.78, 5) is 36.9. The molecule has 1 N–H and O–H groups in total. The van der Waals surface area contributed by atoms with Crippen molar-refractivity contribution in [3.05, 3.63) is 35.9 Å². The van der Waals surface area contributed by atoms with Crippen LogP contribution in [0.2, 0.25) is 0 Å². The number of hydrogen-bond donors (Lipinski definition) is 1. The van der Waals surface area contributed by atoms with Crippen LogP contribution in [0.4, 0.5) is 4.79 Å². The monoisotopic (exact) mass is 350 g/mol. The van der Waals surface area contributed by atoms with Gasteiger partial charge < -0.3 is 19.7 Å². The molecule has 1 rings (SSSR count). The molecule has 0 aromatic heterocycles. The van der Waals surface area contributed by atoms with Crippen LogP contribution < -0.4 is 5.32 Å². The summed E-state index contributed by atoms with van der Waals surface area (Å²) in [5, 5.41) is 2.53. The minimum atomic E-state index is -0.599. The van der Waals surface area contributed by atoms with Gasteiger partial charge in [-0.1, -0.05) is 30.3 Å². The third-order valence-electron chi connectivity index (χ3n) is 3.12. The molecule has 1 aromatic rings. The summed E-state index contributed by atoms with van der Waals surface area (Å²) in [5.74, 6) is -0.755. The van der Waals surface area contributed by atoms with Gasteiger partial charge in [0.15, 0.2) is 0 Å². The normalized spacial score (nSPS) is 10.7. The van der Waals surface area contributed by atoms with Gasteiger partial charge in [0.25, 0.3) is 0 Å². The van der Waals surface area contributed by atoms with E-state index in [-0.39, 0.29) is 25.4 Å². The highest BCUT2D eigenvalue weighted by Gasteiger charge is 2.19. The number of alkyl carbamates (subject to hydrolysis) is 1. The van der Waals surface area contributed by atoms with Crippen LogP contribution in [-0.2, 0) is 25.6 Å². The van der Waals surface area contributed by atoms with E-state index >= 15 is 0 Å². The van der Waals surface area contributed by atoms with Crippen molar-refractivity contribution in [2.24, 2.45) is 0 Å². The SMILES string of the molecule is COC(=O)CN(Cc1ccccc1)C(=O)CCNC(=O)OC(C)(C)C. The summed E-state index contributed by atoms with van der Waals surface area (Å²) in [6.07, 6.45) is -0.522. The quantitative estimate of drug-likeness (QED) is 0.761. The van der Waals surface area contributed by atoms with Crippen molar-refractivity contribution in [1.29, 1.82) is 0 Å². The molecular formula is C18H26N2O5. The fourth-order valence-corrected chi connectivity index (χ4v) is 2.00. The van der Waals surface area contributed by atoms with E-state index in [0.29, 0.717) is 6.54 Å². The molecule has 0 saturated heterocycles. The van der Waals surface area contributed by atoms with Crippen molar-refractivity contribution in [2.45, 2.75) is 39.3 Å². The number of esters is 1. The Morgan fingerprint density at radius 2 is 1.76 bits per heavy atom. The van der Waals surface area contributed by atoms with E-state index in [0.717, 1.165) is 5.56 Å². The van der Waals surface area contributed by atoms with E-state index in [2.05, 4.69) is 10.1 Å². The van der Waals surface area contributed by atoms with Gasteiger partial charge in [0.2, 0.25) is 5.91 Å². The Morgan fingerprint density at radius 3 is 2.32 bits per heavy atom. The lowest BCUT2D eigenvalue weighted by Crippen LogP contribution is -2.39. The van der Waals surface area contributed by atoms with Gasteiger partial charge in [-0.15, -0.1) is 0 Å². The van der Waals surface area contributed by atoms with Gasteiger partial charge in [-0.25, -0.2) is 4.79 Å². The first-order chi connectivity index (χ1) is 11.7. The second kappa shape index (κ2) is 9.66. The number of nitrogens with one attached hydrogen (secondary N) is 1. The van der Waals surface area contributed by atoms with Gasteiger partial charge >= 0.3 is 12.1 Å². The number of carbonyl (C=O) groups excluding carboxylic acids is 3. The van der Waals surface area contributed by atoms with E-state index in [9.17, 15) is 14.4 Å². The molecule has 7 nitrogen and oxygen atoms in total. The molecule has 7 heteroatoms. The van der Waals surface area contributed by atoms with Crippen molar-refractivity contribution in [1.82, 2.24) is 10.2 Å². The largest absolute Gasteiger partial charge is 0.468 e. The second-order valence-electron chi connectivity index (χ2n) is 6.49. The minimum Gasteiger partial charge on any atom is -0.468 e. The van der Waals surface area contributed by atoms with Gasteiger partial charge in [0.1, 0.15) is 12.1 Å². The molecule has 138 valence electrons. The van der Waals surface area contributed by atoms with Crippen LogP contribution in [0.5, 0.6) is 0 Å². The zero-order valence-electron chi connectivity index (χ0n) is 15.2. The van der Waals surface area contributed by atoms with E-state index in [1.165, 1.54) is 12.0 Å². The molecule has 25 heavy (non-hydrogen) atoms. The molecule has 0 spiro atoms. The van der Waals surface area contributed by atoms with Crippen molar-refractivity contribution in [3.8, 4) is 0 Å². The molecule has 0 saturated carbocycles. The Hall–Kier alpha value is -2.57. The first kappa shape index (κ1) is 20.5. The van der Waals surface area contributed by atoms with Gasteiger partial charge in [0.05, 0.1) is 7.11 Å². The number of nitrogens with zero attached hydrogens (tertiary/aromatic N) is 1. The lowest BCUT2D eigenvalue weighted by molar-refractivity contribution is -0.147. The van der Waals surface area contributed by atoms with Crippen LogP contribution in [0.3, 0.4) is 0 Å². The maximum atomic E-state index is 12.4. The zero-order chi connectivity index (χ0) is 18.9. The summed E-state index contributed by atoms with van der Waals surface area (Å²) < 4.78 is 9.75. The predicted molar refractivity (Wildman–Crippen MR) is 92.7 cm³/mol. The fourth-order valence-electron chi connectivity index (χ4n) is 2.00. The molecule has 0 atom stereocenters. The number of methoxy groups -OCH3 is 1. The topological polar surface area (TPSA) is 84.9 Å². The highest BCUT2D eigenvalue weighted by atomic mass is 16.6. The molecule has 0 bridgehead atoms. The lowest BCUT2D eigenvalue weighted by Gasteiger charge is -2.22. The summed E-state index contributed by atoms with van der Waals surface area (Å²) in [5.41, 5.74) is 0.304. The molecule has 0 aliphatic carbocycles. The summed E-state index contributed by atoms with van der Waals surface area (Å²) in [7, 11) is 1.28. The fraction of sp³-hybridized carbons (Fsp3) is 0.500. The Bertz CT molecular complexity index is 581. The molecule has 0 aliphatic rings. The zero-order valence-corrected chi connectivity index (χ0v) is 15.2. The number of amides is 2. The third-order valence-corrected chi connectivity index (χ3v) is 3.12. The minimum absolute atomic E-state index is 0.0586. The average molecular weight is 350 g/mol. The Balaban J connectivity index is 2.57. The summed E-state index contributed by atoms with van der Waals surface area (Å²) in [6.45, 7) is 5.55. The van der Waals surface area contributed by atoms with Gasteiger partial charge in [-0.05, 0) is 26.3 Å². The Labute approximate surface area is 148 Å². The smallest absolute Gasteiger partial charge is 0.407 e. The van der Waals surface area contributed by atoms with Gasteiger partial charge in [0, 0.05) is 19.5 Å². The maximum Gasteiger partial charge on any atom is 0.407 e. The number of carbonyl (C=O) groups is 3. The summed E-state index contributed by atoms with van der Waals surface area (Å²) >= 11 is 0. The van der Waals surface area contributed by atoms with Gasteiger partial charge in [-0.2, -0.15) is 0 Å². The maximum absolute atomic E-state index is 12.4. The molecule has 0 aliphatic heterocycles. The van der Waals surface area contributed by atoms with Crippen molar-refractivity contribution in [3.63, 3.8) is 0 Å². The second-order valence-corrected chi connectivity index (χ2v) is 6.49. The van der Waals surface area contributed by atoms with Crippen LogP contribution in [-0.4, -0.2) is 48.7 Å². The Morgan fingerprint density at radius 1 is 1.12 bits per heavy atom. The van der Waals surface area contributed by atoms with Crippen LogP contribution in [0, 0.1) is 0 Å². The van der Waals surface area contributed by atoms with Crippen LogP contribution >= 0.6 is 0 Å². The summed E-state index contributed by atoms with van der Waals surface area (Å²) in [6, 6.07) is 9.34. The molecule has 2 amide bonds. The van der Waals surface area contributed by atoms with Crippen molar-refractivity contribution >= 4 is 18.0 Å². The lowest BCUT2D eigenvalue weighted by atomic mass is 10.2. The molecule has 0 heterocycles. The van der Waals surface area contributed by atoms with E-state index in [1.807, 2.05) is 30.3 Å².